The van der Waals surface area contributed by atoms with Crippen molar-refractivity contribution < 1.29 is 4.79 Å². The van der Waals surface area contributed by atoms with Crippen molar-refractivity contribution in [1.82, 2.24) is 20.3 Å². The molecule has 24 heavy (non-hydrogen) atoms. The first kappa shape index (κ1) is 15.5. The normalized spacial score (nSPS) is 24.2. The Morgan fingerprint density at radius 3 is 3.17 bits per heavy atom. The van der Waals surface area contributed by atoms with Crippen LogP contribution in [-0.2, 0) is 4.79 Å². The summed E-state index contributed by atoms with van der Waals surface area (Å²) in [6.07, 6.45) is 8.10. The van der Waals surface area contributed by atoms with E-state index in [2.05, 4.69) is 20.3 Å². The molecule has 2 aromatic rings. The third kappa shape index (κ3) is 2.99. The number of thioether (sulfide) groups is 1. The standard InChI is InChI=1S/C16H20N6OS/c17-10-1-2-11(7-10)21-16(23)13-8-22(5-6-24-13)15-12-3-4-18-14(12)19-9-20-15/h3-4,8-11H,1-2,5-7,17H2,(H,21,23)(H,18,19,20)/t10-,11+/m1/s1. The SMILES string of the molecule is N[C@@H]1CC[C@H](NC(=O)C2=CN(c3ncnc4[nH]ccc34)CCS2)C1. The first-order valence-corrected chi connectivity index (χ1v) is 9.15. The van der Waals surface area contributed by atoms with Gasteiger partial charge in [0.05, 0.1) is 10.3 Å². The van der Waals surface area contributed by atoms with Crippen LogP contribution in [0.3, 0.4) is 0 Å². The Morgan fingerprint density at radius 2 is 2.33 bits per heavy atom. The van der Waals surface area contributed by atoms with E-state index in [-0.39, 0.29) is 18.0 Å². The van der Waals surface area contributed by atoms with Gasteiger partial charge in [0.2, 0.25) is 0 Å². The van der Waals surface area contributed by atoms with Crippen LogP contribution >= 0.6 is 11.8 Å². The van der Waals surface area contributed by atoms with E-state index in [1.54, 1.807) is 18.1 Å². The van der Waals surface area contributed by atoms with E-state index >= 15 is 0 Å². The van der Waals surface area contributed by atoms with Gasteiger partial charge in [-0.2, -0.15) is 0 Å². The van der Waals surface area contributed by atoms with Gasteiger partial charge < -0.3 is 20.9 Å². The lowest BCUT2D eigenvalue weighted by atomic mass is 10.2. The molecule has 0 radical (unpaired) electrons. The summed E-state index contributed by atoms with van der Waals surface area (Å²) in [6.45, 7) is 0.813. The zero-order valence-electron chi connectivity index (χ0n) is 13.2. The summed E-state index contributed by atoms with van der Waals surface area (Å²) in [7, 11) is 0. The molecule has 1 aliphatic carbocycles. The Morgan fingerprint density at radius 1 is 1.42 bits per heavy atom. The molecule has 8 heteroatoms. The smallest absolute Gasteiger partial charge is 0.259 e. The van der Waals surface area contributed by atoms with Crippen LogP contribution in [0.25, 0.3) is 11.0 Å². The maximum Gasteiger partial charge on any atom is 0.259 e. The molecule has 3 heterocycles. The van der Waals surface area contributed by atoms with Crippen LogP contribution < -0.4 is 16.0 Å². The maximum absolute atomic E-state index is 12.5. The first-order valence-electron chi connectivity index (χ1n) is 8.16. The number of hydrogen-bond donors (Lipinski definition) is 3. The number of nitrogens with zero attached hydrogens (tertiary/aromatic N) is 3. The van der Waals surface area contributed by atoms with E-state index in [4.69, 9.17) is 5.73 Å². The number of H-pyrrole nitrogens is 1. The molecule has 1 aliphatic heterocycles. The largest absolute Gasteiger partial charge is 0.349 e. The number of carbonyl (C=O) groups excluding carboxylic acids is 1. The Balaban J connectivity index is 1.54. The Labute approximate surface area is 144 Å². The summed E-state index contributed by atoms with van der Waals surface area (Å²) in [5, 5.41) is 4.07. The van der Waals surface area contributed by atoms with Crippen molar-refractivity contribution in [2.75, 3.05) is 17.2 Å². The van der Waals surface area contributed by atoms with Crippen molar-refractivity contribution in [2.45, 2.75) is 31.3 Å². The molecule has 2 atom stereocenters. The summed E-state index contributed by atoms with van der Waals surface area (Å²) in [6, 6.07) is 2.36. The predicted octanol–water partition coefficient (Wildman–Crippen LogP) is 1.35. The van der Waals surface area contributed by atoms with Crippen molar-refractivity contribution in [3.63, 3.8) is 0 Å². The van der Waals surface area contributed by atoms with Gasteiger partial charge >= 0.3 is 0 Å². The summed E-state index contributed by atoms with van der Waals surface area (Å²) < 4.78 is 0. The van der Waals surface area contributed by atoms with Crippen LogP contribution in [0.4, 0.5) is 5.82 Å². The van der Waals surface area contributed by atoms with Gasteiger partial charge in [0.25, 0.3) is 5.91 Å². The fourth-order valence-electron chi connectivity index (χ4n) is 3.28. The molecule has 0 spiro atoms. The molecule has 0 saturated heterocycles. The third-order valence-corrected chi connectivity index (χ3v) is 5.49. The molecule has 2 aliphatic rings. The maximum atomic E-state index is 12.5. The number of rotatable bonds is 3. The van der Waals surface area contributed by atoms with Crippen LogP contribution in [0.1, 0.15) is 19.3 Å². The molecular formula is C16H20N6OS. The Hall–Kier alpha value is -2.06. The molecule has 4 rings (SSSR count). The monoisotopic (exact) mass is 344 g/mol. The van der Waals surface area contributed by atoms with Crippen molar-refractivity contribution in [2.24, 2.45) is 5.73 Å². The third-order valence-electron chi connectivity index (χ3n) is 4.50. The number of aromatic nitrogens is 3. The number of nitrogens with two attached hydrogens (primary N) is 1. The number of hydrogen-bond acceptors (Lipinski definition) is 6. The van der Waals surface area contributed by atoms with Crippen LogP contribution in [-0.4, -0.2) is 45.2 Å². The highest BCUT2D eigenvalue weighted by Crippen LogP contribution is 2.29. The lowest BCUT2D eigenvalue weighted by Crippen LogP contribution is -2.36. The molecule has 2 aromatic heterocycles. The van der Waals surface area contributed by atoms with Gasteiger partial charge in [0.1, 0.15) is 17.8 Å². The minimum Gasteiger partial charge on any atom is -0.349 e. The average Bonchev–Trinajstić information content (AvgIpc) is 3.23. The number of anilines is 1. The molecule has 126 valence electrons. The predicted molar refractivity (Wildman–Crippen MR) is 95.5 cm³/mol. The molecule has 1 saturated carbocycles. The highest BCUT2D eigenvalue weighted by Gasteiger charge is 2.26. The van der Waals surface area contributed by atoms with Crippen molar-refractivity contribution in [1.29, 1.82) is 0 Å². The topological polar surface area (TPSA) is 99.9 Å². The van der Waals surface area contributed by atoms with Crippen LogP contribution in [0, 0.1) is 0 Å². The van der Waals surface area contributed by atoms with E-state index in [0.717, 1.165) is 53.3 Å². The molecular weight excluding hydrogens is 324 g/mol. The molecule has 7 nitrogen and oxygen atoms in total. The number of carbonyl (C=O) groups is 1. The zero-order valence-corrected chi connectivity index (χ0v) is 14.1. The van der Waals surface area contributed by atoms with E-state index in [1.165, 1.54) is 0 Å². The van der Waals surface area contributed by atoms with Crippen molar-refractivity contribution in [3.8, 4) is 0 Å². The van der Waals surface area contributed by atoms with E-state index in [9.17, 15) is 4.79 Å². The van der Waals surface area contributed by atoms with Gasteiger partial charge in [-0.1, -0.05) is 0 Å². The number of amides is 1. The fourth-order valence-corrected chi connectivity index (χ4v) is 4.18. The lowest BCUT2D eigenvalue weighted by Gasteiger charge is -2.26. The summed E-state index contributed by atoms with van der Waals surface area (Å²) >= 11 is 1.59. The lowest BCUT2D eigenvalue weighted by molar-refractivity contribution is -0.117. The zero-order chi connectivity index (χ0) is 16.5. The van der Waals surface area contributed by atoms with Crippen LogP contribution in [0.5, 0.6) is 0 Å². The number of fused-ring (bicyclic) bond motifs is 1. The van der Waals surface area contributed by atoms with Gasteiger partial charge in [-0.15, -0.1) is 11.8 Å². The van der Waals surface area contributed by atoms with Crippen molar-refractivity contribution in [3.05, 3.63) is 29.7 Å². The number of nitrogens with one attached hydrogen (secondary N) is 2. The summed E-state index contributed by atoms with van der Waals surface area (Å²) in [5.41, 5.74) is 6.73. The van der Waals surface area contributed by atoms with Crippen LogP contribution in [0.15, 0.2) is 29.7 Å². The minimum absolute atomic E-state index is 0.0110. The molecule has 4 N–H and O–H groups in total. The molecule has 0 bridgehead atoms. The highest BCUT2D eigenvalue weighted by molar-refractivity contribution is 8.04. The van der Waals surface area contributed by atoms with Gasteiger partial charge in [-0.25, -0.2) is 9.97 Å². The van der Waals surface area contributed by atoms with Gasteiger partial charge in [-0.3, -0.25) is 4.79 Å². The number of aromatic amines is 1. The fraction of sp³-hybridized carbons (Fsp3) is 0.438. The first-order chi connectivity index (χ1) is 11.7. The summed E-state index contributed by atoms with van der Waals surface area (Å²) in [5.74, 6) is 1.66. The van der Waals surface area contributed by atoms with Gasteiger partial charge in [-0.05, 0) is 25.3 Å². The average molecular weight is 344 g/mol. The molecule has 1 fully saturated rings. The minimum atomic E-state index is -0.0110. The second-order valence-electron chi connectivity index (χ2n) is 6.22. The molecule has 1 amide bonds. The second-order valence-corrected chi connectivity index (χ2v) is 7.35. The van der Waals surface area contributed by atoms with E-state index in [0.29, 0.717) is 0 Å². The van der Waals surface area contributed by atoms with E-state index < -0.39 is 0 Å². The Bertz CT molecular complexity index is 788. The van der Waals surface area contributed by atoms with E-state index in [1.807, 2.05) is 23.4 Å². The molecule has 0 aromatic carbocycles. The highest BCUT2D eigenvalue weighted by atomic mass is 32.2. The van der Waals surface area contributed by atoms with Crippen LogP contribution in [0.2, 0.25) is 0 Å². The van der Waals surface area contributed by atoms with Gasteiger partial charge in [0.15, 0.2) is 0 Å². The van der Waals surface area contributed by atoms with Gasteiger partial charge in [0, 0.05) is 36.8 Å². The quantitative estimate of drug-likeness (QED) is 0.777. The van der Waals surface area contributed by atoms with Crippen molar-refractivity contribution >= 4 is 34.5 Å². The summed E-state index contributed by atoms with van der Waals surface area (Å²) in [4.78, 5) is 27.0. The molecule has 0 unspecified atom stereocenters. The Kier molecular flexibility index (Phi) is 4.15. The second kappa shape index (κ2) is 6.45.